The van der Waals surface area contributed by atoms with Crippen LogP contribution in [0.15, 0.2) is 24.3 Å². The van der Waals surface area contributed by atoms with Crippen LogP contribution in [0.3, 0.4) is 0 Å². The first kappa shape index (κ1) is 24.2. The van der Waals surface area contributed by atoms with Gasteiger partial charge in [0.05, 0.1) is 11.1 Å². The number of nitrogens with zero attached hydrogens (tertiary/aromatic N) is 3. The predicted molar refractivity (Wildman–Crippen MR) is 121 cm³/mol. The molecule has 0 unspecified atom stereocenters. The van der Waals surface area contributed by atoms with E-state index in [-0.39, 0.29) is 35.3 Å². The highest BCUT2D eigenvalue weighted by atomic mass is 19.4. The van der Waals surface area contributed by atoms with E-state index in [9.17, 15) is 36.2 Å². The predicted octanol–water partition coefficient (Wildman–Crippen LogP) is 6.51. The van der Waals surface area contributed by atoms with Gasteiger partial charge in [0.2, 0.25) is 0 Å². The quantitative estimate of drug-likeness (QED) is 0.319. The van der Waals surface area contributed by atoms with E-state index < -0.39 is 47.9 Å². The van der Waals surface area contributed by atoms with E-state index in [1.54, 1.807) is 6.07 Å². The van der Waals surface area contributed by atoms with Gasteiger partial charge in [0.15, 0.2) is 0 Å². The van der Waals surface area contributed by atoms with Gasteiger partial charge in [-0.25, -0.2) is 22.9 Å². The van der Waals surface area contributed by atoms with Crippen molar-refractivity contribution in [2.24, 2.45) is 0 Å². The molecule has 2 aromatic heterocycles. The molecule has 0 saturated heterocycles. The zero-order valence-electron chi connectivity index (χ0n) is 19.3. The third-order valence-corrected chi connectivity index (χ3v) is 6.82. The first-order chi connectivity index (χ1) is 16.8. The molecule has 1 aliphatic rings. The molecule has 4 aromatic rings. The van der Waals surface area contributed by atoms with Crippen LogP contribution >= 0.6 is 0 Å². The van der Waals surface area contributed by atoms with Gasteiger partial charge in [-0.15, -0.1) is 0 Å². The number of halogens is 6. The molecule has 190 valence electrons. The number of aryl methyl sites for hydroxylation is 2. The number of carboxylic acid groups (broad SMARTS) is 1. The first-order valence-corrected chi connectivity index (χ1v) is 11.3. The van der Waals surface area contributed by atoms with Gasteiger partial charge in [-0.1, -0.05) is 0 Å². The first-order valence-electron chi connectivity index (χ1n) is 11.3. The van der Waals surface area contributed by atoms with Gasteiger partial charge in [0.1, 0.15) is 23.7 Å². The minimum absolute atomic E-state index is 0.0244. The van der Waals surface area contributed by atoms with Crippen molar-refractivity contribution in [3.63, 3.8) is 0 Å². The topological polar surface area (TPSA) is 60.1 Å². The van der Waals surface area contributed by atoms with Crippen LogP contribution in [0.4, 0.5) is 26.3 Å². The van der Waals surface area contributed by atoms with E-state index in [0.717, 1.165) is 5.69 Å². The summed E-state index contributed by atoms with van der Waals surface area (Å²) in [6, 6.07) is 5.37. The average Bonchev–Trinajstić information content (AvgIpc) is 3.29. The molecule has 0 radical (unpaired) electrons. The largest absolute Gasteiger partial charge is 0.478 e. The summed E-state index contributed by atoms with van der Waals surface area (Å²) in [6.45, 7) is 2.20. The van der Waals surface area contributed by atoms with Crippen LogP contribution in [-0.4, -0.2) is 37.3 Å². The fourth-order valence-electron chi connectivity index (χ4n) is 5.27. The number of imidazole rings is 1. The highest BCUT2D eigenvalue weighted by molar-refractivity contribution is 5.97. The molecule has 0 aliphatic heterocycles. The summed E-state index contributed by atoms with van der Waals surface area (Å²) in [6.07, 6.45) is -5.32. The second kappa shape index (κ2) is 8.01. The number of carbonyl (C=O) groups is 1. The monoisotopic (exact) mass is 509 g/mol. The van der Waals surface area contributed by atoms with Crippen molar-refractivity contribution < 1.29 is 36.2 Å². The van der Waals surface area contributed by atoms with Crippen molar-refractivity contribution in [3.8, 4) is 11.4 Å². The smallest absolute Gasteiger partial charge is 0.406 e. The Morgan fingerprint density at radius 2 is 1.92 bits per heavy atom. The summed E-state index contributed by atoms with van der Waals surface area (Å²) >= 11 is 0. The Morgan fingerprint density at radius 3 is 2.56 bits per heavy atom. The zero-order chi connectivity index (χ0) is 26.2. The van der Waals surface area contributed by atoms with Crippen molar-refractivity contribution in [2.75, 3.05) is 0 Å². The zero-order valence-corrected chi connectivity index (χ0v) is 19.3. The highest BCUT2D eigenvalue weighted by Crippen LogP contribution is 2.41. The Balaban J connectivity index is 1.80. The van der Waals surface area contributed by atoms with Gasteiger partial charge in [0, 0.05) is 41.5 Å². The van der Waals surface area contributed by atoms with Gasteiger partial charge >= 0.3 is 12.1 Å². The van der Waals surface area contributed by atoms with E-state index in [1.165, 1.54) is 19.1 Å². The molecule has 0 fully saturated rings. The van der Waals surface area contributed by atoms with E-state index in [4.69, 9.17) is 0 Å². The molecule has 0 spiro atoms. The van der Waals surface area contributed by atoms with E-state index >= 15 is 0 Å². The van der Waals surface area contributed by atoms with Crippen LogP contribution in [0.1, 0.15) is 40.5 Å². The van der Waals surface area contributed by atoms with E-state index in [0.29, 0.717) is 33.6 Å². The van der Waals surface area contributed by atoms with E-state index in [2.05, 4.69) is 4.98 Å². The Labute approximate surface area is 201 Å². The lowest BCUT2D eigenvalue weighted by atomic mass is 9.92. The standard InChI is InChI=1S/C25H21F6N3O2/c1-3-33-18-5-4-13(8-15(18)16-10-24(27,28)7-6-19(16)33)22-32-20-12(2)14(23(35)36)9-17(26)21(20)34(22)11-25(29,30)31/h4-5,8-9H,3,6-7,10-11H2,1-2H3,(H,35,36). The molecule has 2 heterocycles. The van der Waals surface area contributed by atoms with Crippen molar-refractivity contribution in [2.45, 2.75) is 58.3 Å². The van der Waals surface area contributed by atoms with E-state index in [1.807, 2.05) is 11.5 Å². The molecule has 2 aromatic carbocycles. The van der Waals surface area contributed by atoms with Gasteiger partial charge in [0.25, 0.3) is 5.92 Å². The third-order valence-electron chi connectivity index (χ3n) is 6.82. The van der Waals surface area contributed by atoms with Crippen molar-refractivity contribution in [1.29, 1.82) is 0 Å². The molecule has 5 rings (SSSR count). The summed E-state index contributed by atoms with van der Waals surface area (Å²) in [5.41, 5.74) is 1.02. The molecule has 0 bridgehead atoms. The number of aromatic carboxylic acids is 1. The molecule has 0 saturated carbocycles. The molecule has 0 amide bonds. The number of carboxylic acids is 1. The van der Waals surface area contributed by atoms with Crippen LogP contribution in [-0.2, 0) is 25.9 Å². The number of hydrogen-bond acceptors (Lipinski definition) is 2. The number of alkyl halides is 5. The Bertz CT molecular complexity index is 1550. The Kier molecular flexibility index (Phi) is 5.38. The van der Waals surface area contributed by atoms with Crippen molar-refractivity contribution in [1.82, 2.24) is 14.1 Å². The number of aromatic nitrogens is 3. The van der Waals surface area contributed by atoms with Crippen molar-refractivity contribution >= 4 is 27.9 Å². The molecule has 1 aliphatic carbocycles. The maximum atomic E-state index is 15.0. The summed E-state index contributed by atoms with van der Waals surface area (Å²) < 4.78 is 86.8. The van der Waals surface area contributed by atoms with Crippen LogP contribution < -0.4 is 0 Å². The van der Waals surface area contributed by atoms with Gasteiger partial charge in [-0.3, -0.25) is 0 Å². The molecule has 11 heteroatoms. The summed E-state index contributed by atoms with van der Waals surface area (Å²) in [4.78, 5) is 15.8. The molecule has 36 heavy (non-hydrogen) atoms. The molecule has 5 nitrogen and oxygen atoms in total. The van der Waals surface area contributed by atoms with Crippen LogP contribution in [0, 0.1) is 12.7 Å². The molecule has 1 N–H and O–H groups in total. The summed E-state index contributed by atoms with van der Waals surface area (Å²) in [5.74, 6) is -5.71. The molecule has 0 atom stereocenters. The fraction of sp³-hybridized carbons (Fsp3) is 0.360. The number of fused-ring (bicyclic) bond motifs is 4. The minimum atomic E-state index is -4.73. The maximum Gasteiger partial charge on any atom is 0.406 e. The number of benzene rings is 2. The van der Waals surface area contributed by atoms with Crippen LogP contribution in [0.5, 0.6) is 0 Å². The maximum absolute atomic E-state index is 15.0. The van der Waals surface area contributed by atoms with Gasteiger partial charge < -0.3 is 14.2 Å². The third kappa shape index (κ3) is 3.81. The Morgan fingerprint density at radius 1 is 1.19 bits per heavy atom. The molecular weight excluding hydrogens is 488 g/mol. The lowest BCUT2D eigenvalue weighted by Crippen LogP contribution is -2.26. The molecular formula is C25H21F6N3O2. The van der Waals surface area contributed by atoms with Crippen LogP contribution in [0.2, 0.25) is 0 Å². The summed E-state index contributed by atoms with van der Waals surface area (Å²) in [7, 11) is 0. The van der Waals surface area contributed by atoms with Gasteiger partial charge in [-0.2, -0.15) is 13.2 Å². The lowest BCUT2D eigenvalue weighted by molar-refractivity contribution is -0.139. The van der Waals surface area contributed by atoms with Crippen molar-refractivity contribution in [3.05, 3.63) is 52.5 Å². The highest BCUT2D eigenvalue weighted by Gasteiger charge is 2.37. The number of hydrogen-bond donors (Lipinski definition) is 1. The van der Waals surface area contributed by atoms with Crippen LogP contribution in [0.25, 0.3) is 33.3 Å². The minimum Gasteiger partial charge on any atom is -0.478 e. The second-order valence-electron chi connectivity index (χ2n) is 9.10. The normalized spacial score (nSPS) is 15.6. The average molecular weight is 509 g/mol. The lowest BCUT2D eigenvalue weighted by Gasteiger charge is -2.23. The fourth-order valence-corrected chi connectivity index (χ4v) is 5.27. The second-order valence-corrected chi connectivity index (χ2v) is 9.10. The summed E-state index contributed by atoms with van der Waals surface area (Å²) in [5, 5.41) is 9.87. The van der Waals surface area contributed by atoms with Gasteiger partial charge in [-0.05, 0) is 55.7 Å². The Hall–Kier alpha value is -3.50. The SMILES string of the molecule is CCn1c2c(c3cc(-c4nc5c(C)c(C(=O)O)cc(F)c5n4CC(F)(F)F)ccc31)CC(F)(F)CC2. The number of rotatable bonds is 4.